The van der Waals surface area contributed by atoms with Crippen LogP contribution in [0.25, 0.3) is 11.0 Å². The molecule has 2 aromatic rings. The Morgan fingerprint density at radius 2 is 2.16 bits per heavy atom. The van der Waals surface area contributed by atoms with E-state index >= 15 is 0 Å². The molecule has 0 spiro atoms. The third-order valence-corrected chi connectivity index (χ3v) is 3.88. The van der Waals surface area contributed by atoms with Crippen molar-refractivity contribution in [1.82, 2.24) is 9.97 Å². The van der Waals surface area contributed by atoms with Gasteiger partial charge in [0, 0.05) is 6.42 Å². The van der Waals surface area contributed by atoms with E-state index in [4.69, 9.17) is 17.3 Å². The van der Waals surface area contributed by atoms with Crippen molar-refractivity contribution >= 4 is 22.6 Å². The molecule has 19 heavy (non-hydrogen) atoms. The highest BCUT2D eigenvalue weighted by atomic mass is 35.5. The minimum absolute atomic E-state index is 0.707. The number of nitrogens with two attached hydrogens (primary N) is 1. The fraction of sp³-hybridized carbons (Fsp3) is 0.533. The number of nitrogens with zero attached hydrogens (tertiary/aromatic N) is 1. The lowest BCUT2D eigenvalue weighted by molar-refractivity contribution is 0.418. The molecule has 4 heteroatoms. The number of halogens is 1. The van der Waals surface area contributed by atoms with Gasteiger partial charge in [0.25, 0.3) is 0 Å². The zero-order valence-electron chi connectivity index (χ0n) is 11.5. The largest absolute Gasteiger partial charge is 0.342 e. The lowest BCUT2D eigenvalue weighted by atomic mass is 9.94. The Morgan fingerprint density at radius 1 is 1.32 bits per heavy atom. The van der Waals surface area contributed by atoms with Gasteiger partial charge in [0.05, 0.1) is 10.5 Å². The standard InChI is InChI=1S/C15H22ClN3/c1-2-4-11(9-10-17)7-8-14-18-13-6-3-5-12(16)15(13)19-14/h3,5-6,11H,2,4,7-10,17H2,1H3,(H,18,19). The number of benzene rings is 1. The summed E-state index contributed by atoms with van der Waals surface area (Å²) < 4.78 is 0. The maximum Gasteiger partial charge on any atom is 0.107 e. The predicted molar refractivity (Wildman–Crippen MR) is 81.5 cm³/mol. The predicted octanol–water partition coefficient (Wildman–Crippen LogP) is 3.91. The number of aromatic nitrogens is 2. The average Bonchev–Trinajstić information content (AvgIpc) is 2.81. The van der Waals surface area contributed by atoms with Gasteiger partial charge < -0.3 is 10.7 Å². The minimum Gasteiger partial charge on any atom is -0.342 e. The Kier molecular flexibility index (Phi) is 5.23. The summed E-state index contributed by atoms with van der Waals surface area (Å²) in [5.74, 6) is 1.74. The molecule has 0 amide bonds. The van der Waals surface area contributed by atoms with Crippen molar-refractivity contribution in [3.63, 3.8) is 0 Å². The van der Waals surface area contributed by atoms with Crippen LogP contribution in [0.4, 0.5) is 0 Å². The molecular weight excluding hydrogens is 258 g/mol. The number of para-hydroxylation sites is 1. The second kappa shape index (κ2) is 6.92. The number of hydrogen-bond acceptors (Lipinski definition) is 2. The monoisotopic (exact) mass is 279 g/mol. The summed E-state index contributed by atoms with van der Waals surface area (Å²) in [5, 5.41) is 0.715. The summed E-state index contributed by atoms with van der Waals surface area (Å²) in [6, 6.07) is 5.84. The van der Waals surface area contributed by atoms with Gasteiger partial charge in [0.15, 0.2) is 0 Å². The van der Waals surface area contributed by atoms with Gasteiger partial charge in [-0.2, -0.15) is 0 Å². The van der Waals surface area contributed by atoms with Crippen LogP contribution in [0.15, 0.2) is 18.2 Å². The third kappa shape index (κ3) is 3.71. The van der Waals surface area contributed by atoms with Crippen molar-refractivity contribution in [2.45, 2.75) is 39.0 Å². The van der Waals surface area contributed by atoms with Gasteiger partial charge in [-0.25, -0.2) is 4.98 Å². The van der Waals surface area contributed by atoms with Gasteiger partial charge in [0.1, 0.15) is 11.3 Å². The van der Waals surface area contributed by atoms with Crippen LogP contribution in [0.1, 0.15) is 38.4 Å². The third-order valence-electron chi connectivity index (χ3n) is 3.57. The van der Waals surface area contributed by atoms with E-state index in [1.54, 1.807) is 0 Å². The first-order chi connectivity index (χ1) is 9.24. The second-order valence-electron chi connectivity index (χ2n) is 5.09. The maximum atomic E-state index is 6.13. The van der Waals surface area contributed by atoms with Crippen LogP contribution in [-0.4, -0.2) is 16.5 Å². The lowest BCUT2D eigenvalue weighted by Gasteiger charge is -2.13. The molecule has 0 aliphatic heterocycles. The number of rotatable bonds is 7. The molecule has 1 atom stereocenters. The maximum absolute atomic E-state index is 6.13. The lowest BCUT2D eigenvalue weighted by Crippen LogP contribution is -2.10. The highest BCUT2D eigenvalue weighted by Gasteiger charge is 2.10. The molecular formula is C15H22ClN3. The van der Waals surface area contributed by atoms with Crippen molar-refractivity contribution in [2.24, 2.45) is 11.7 Å². The summed E-state index contributed by atoms with van der Waals surface area (Å²) >= 11 is 6.13. The Balaban J connectivity index is 2.02. The smallest absolute Gasteiger partial charge is 0.107 e. The number of H-pyrrole nitrogens is 1. The van der Waals surface area contributed by atoms with Gasteiger partial charge in [-0.15, -0.1) is 0 Å². The van der Waals surface area contributed by atoms with Crippen LogP contribution in [0.2, 0.25) is 5.02 Å². The Bertz CT molecular complexity index is 515. The number of aryl methyl sites for hydroxylation is 1. The molecule has 1 unspecified atom stereocenters. The van der Waals surface area contributed by atoms with Crippen LogP contribution in [0.3, 0.4) is 0 Å². The van der Waals surface area contributed by atoms with Gasteiger partial charge >= 0.3 is 0 Å². The van der Waals surface area contributed by atoms with Crippen LogP contribution >= 0.6 is 11.6 Å². The van der Waals surface area contributed by atoms with E-state index in [1.165, 1.54) is 12.8 Å². The first kappa shape index (κ1) is 14.4. The SMILES string of the molecule is CCCC(CCN)CCc1nc2c(Cl)cccc2[nH]1. The van der Waals surface area contributed by atoms with E-state index in [-0.39, 0.29) is 0 Å². The Hall–Kier alpha value is -1.06. The minimum atomic E-state index is 0.707. The number of aromatic amines is 1. The molecule has 0 saturated carbocycles. The second-order valence-corrected chi connectivity index (χ2v) is 5.50. The Labute approximate surface area is 119 Å². The summed E-state index contributed by atoms with van der Waals surface area (Å²) in [5.41, 5.74) is 7.57. The summed E-state index contributed by atoms with van der Waals surface area (Å²) in [4.78, 5) is 7.93. The van der Waals surface area contributed by atoms with Crippen LogP contribution < -0.4 is 5.73 Å². The summed E-state index contributed by atoms with van der Waals surface area (Å²) in [6.07, 6.45) is 5.68. The quantitative estimate of drug-likeness (QED) is 0.807. The zero-order chi connectivity index (χ0) is 13.7. The van der Waals surface area contributed by atoms with Crippen molar-refractivity contribution in [3.05, 3.63) is 29.0 Å². The molecule has 2 rings (SSSR count). The Morgan fingerprint density at radius 3 is 2.84 bits per heavy atom. The van der Waals surface area contributed by atoms with Crippen LogP contribution in [0, 0.1) is 5.92 Å². The number of fused-ring (bicyclic) bond motifs is 1. The van der Waals surface area contributed by atoms with E-state index in [9.17, 15) is 0 Å². The van der Waals surface area contributed by atoms with E-state index in [0.717, 1.165) is 42.7 Å². The molecule has 104 valence electrons. The normalized spacial score (nSPS) is 13.0. The first-order valence-corrected chi connectivity index (χ1v) is 7.45. The number of hydrogen-bond donors (Lipinski definition) is 2. The molecule has 0 saturated heterocycles. The molecule has 3 N–H and O–H groups in total. The van der Waals surface area contributed by atoms with Crippen molar-refractivity contribution < 1.29 is 0 Å². The van der Waals surface area contributed by atoms with Gasteiger partial charge in [0.2, 0.25) is 0 Å². The number of nitrogens with one attached hydrogen (secondary N) is 1. The molecule has 1 heterocycles. The van der Waals surface area contributed by atoms with Crippen molar-refractivity contribution in [2.75, 3.05) is 6.54 Å². The molecule has 0 bridgehead atoms. The van der Waals surface area contributed by atoms with E-state index in [1.807, 2.05) is 18.2 Å². The topological polar surface area (TPSA) is 54.7 Å². The zero-order valence-corrected chi connectivity index (χ0v) is 12.2. The molecule has 1 aromatic carbocycles. The molecule has 0 radical (unpaired) electrons. The molecule has 0 aliphatic rings. The van der Waals surface area contributed by atoms with Crippen LogP contribution in [-0.2, 0) is 6.42 Å². The van der Waals surface area contributed by atoms with Crippen molar-refractivity contribution in [1.29, 1.82) is 0 Å². The van der Waals surface area contributed by atoms with Crippen LogP contribution in [0.5, 0.6) is 0 Å². The van der Waals surface area contributed by atoms with Gasteiger partial charge in [-0.05, 0) is 37.4 Å². The molecule has 3 nitrogen and oxygen atoms in total. The van der Waals surface area contributed by atoms with Crippen molar-refractivity contribution in [3.8, 4) is 0 Å². The van der Waals surface area contributed by atoms with Gasteiger partial charge in [-0.1, -0.05) is 37.4 Å². The highest BCUT2D eigenvalue weighted by Crippen LogP contribution is 2.23. The van der Waals surface area contributed by atoms with E-state index < -0.39 is 0 Å². The number of imidazole rings is 1. The molecule has 0 fully saturated rings. The van der Waals surface area contributed by atoms with Gasteiger partial charge in [-0.3, -0.25) is 0 Å². The molecule has 0 aliphatic carbocycles. The summed E-state index contributed by atoms with van der Waals surface area (Å²) in [7, 11) is 0. The average molecular weight is 280 g/mol. The first-order valence-electron chi connectivity index (χ1n) is 7.07. The van der Waals surface area contributed by atoms with E-state index in [2.05, 4.69) is 16.9 Å². The fourth-order valence-electron chi connectivity index (χ4n) is 2.58. The fourth-order valence-corrected chi connectivity index (χ4v) is 2.80. The highest BCUT2D eigenvalue weighted by molar-refractivity contribution is 6.34. The molecule has 1 aromatic heterocycles. The van der Waals surface area contributed by atoms with E-state index in [0.29, 0.717) is 10.9 Å². The summed E-state index contributed by atoms with van der Waals surface area (Å²) in [6.45, 7) is 3.00.